The van der Waals surface area contributed by atoms with Crippen LogP contribution in [0.1, 0.15) is 47.5 Å². The third kappa shape index (κ3) is 2.84. The van der Waals surface area contributed by atoms with E-state index in [1.165, 1.54) is 11.3 Å². The maximum atomic E-state index is 13.2. The summed E-state index contributed by atoms with van der Waals surface area (Å²) in [5, 5.41) is 10.9. The fourth-order valence-electron chi connectivity index (χ4n) is 2.89. The van der Waals surface area contributed by atoms with Gasteiger partial charge in [-0.05, 0) is 11.6 Å². The number of aromatic nitrogens is 4. The van der Waals surface area contributed by atoms with Crippen molar-refractivity contribution in [3.8, 4) is 0 Å². The highest BCUT2D eigenvalue weighted by atomic mass is 32.1. The van der Waals surface area contributed by atoms with Gasteiger partial charge in [0.05, 0.1) is 30.0 Å². The Hall–Kier alpha value is -2.54. The second kappa shape index (κ2) is 5.77. The minimum Gasteiger partial charge on any atom is -0.301 e. The number of amides is 1. The Morgan fingerprint density at radius 2 is 2.00 bits per heavy atom. The monoisotopic (exact) mass is 353 g/mol. The lowest BCUT2D eigenvalue weighted by atomic mass is 9.98. The van der Waals surface area contributed by atoms with E-state index in [-0.39, 0.29) is 11.3 Å². The molecule has 0 radical (unpaired) electrons. The molecule has 1 amide bonds. The smallest absolute Gasteiger partial charge is 0.278 e. The molecule has 0 unspecified atom stereocenters. The number of para-hydroxylation sites is 1. The highest BCUT2D eigenvalue weighted by Crippen LogP contribution is 2.30. The molecule has 1 aliphatic rings. The summed E-state index contributed by atoms with van der Waals surface area (Å²) in [5.74, 6) is -0.0890. The van der Waals surface area contributed by atoms with Crippen molar-refractivity contribution in [2.45, 2.75) is 39.3 Å². The number of carbonyl (C=O) groups excluding carboxylic acids is 1. The van der Waals surface area contributed by atoms with Gasteiger partial charge in [0.2, 0.25) is 0 Å². The zero-order chi connectivity index (χ0) is 17.6. The Labute approximate surface area is 150 Å². The average Bonchev–Trinajstić information content (AvgIpc) is 3.20. The number of nitrogens with zero attached hydrogens (tertiary/aromatic N) is 5. The summed E-state index contributed by atoms with van der Waals surface area (Å²) in [7, 11) is 0. The van der Waals surface area contributed by atoms with Gasteiger partial charge in [0.15, 0.2) is 0 Å². The van der Waals surface area contributed by atoms with Gasteiger partial charge in [-0.15, -0.1) is 16.4 Å². The van der Waals surface area contributed by atoms with Crippen LogP contribution < -0.4 is 4.90 Å². The van der Waals surface area contributed by atoms with Gasteiger partial charge in [0.25, 0.3) is 5.91 Å². The van der Waals surface area contributed by atoms with Crippen LogP contribution in [0.5, 0.6) is 0 Å². The predicted molar refractivity (Wildman–Crippen MR) is 96.9 cm³/mol. The van der Waals surface area contributed by atoms with Gasteiger partial charge in [-0.1, -0.05) is 44.2 Å². The fraction of sp³-hybridized carbons (Fsp3) is 0.333. The Bertz CT molecular complexity index is 937. The molecule has 25 heavy (non-hydrogen) atoms. The van der Waals surface area contributed by atoms with E-state index >= 15 is 0 Å². The molecule has 1 aliphatic heterocycles. The summed E-state index contributed by atoms with van der Waals surface area (Å²) >= 11 is 1.53. The molecule has 3 heterocycles. The van der Waals surface area contributed by atoms with Crippen molar-refractivity contribution >= 4 is 22.9 Å². The molecule has 4 rings (SSSR count). The molecule has 0 bridgehead atoms. The standard InChI is InChI=1S/C18H19N5OS/c1-18(2,3)17-20-14(11-25-17)16(24)22-10-13-8-19-21-23(13)9-12-6-4-5-7-15(12)22/h4-8,11H,9-10H2,1-3H3. The minimum atomic E-state index is -0.0890. The largest absolute Gasteiger partial charge is 0.301 e. The first-order chi connectivity index (χ1) is 11.9. The van der Waals surface area contributed by atoms with E-state index < -0.39 is 0 Å². The van der Waals surface area contributed by atoms with Crippen molar-refractivity contribution in [2.24, 2.45) is 0 Å². The summed E-state index contributed by atoms with van der Waals surface area (Å²) in [5.41, 5.74) is 3.29. The van der Waals surface area contributed by atoms with Gasteiger partial charge in [-0.3, -0.25) is 4.79 Å². The summed E-state index contributed by atoms with van der Waals surface area (Å²) in [4.78, 5) is 19.6. The van der Waals surface area contributed by atoms with E-state index in [1.807, 2.05) is 34.3 Å². The van der Waals surface area contributed by atoms with Crippen LogP contribution in [0.2, 0.25) is 0 Å². The second-order valence-corrected chi connectivity index (χ2v) is 8.05. The van der Waals surface area contributed by atoms with Crippen LogP contribution in [0.3, 0.4) is 0 Å². The maximum absolute atomic E-state index is 13.2. The van der Waals surface area contributed by atoms with Gasteiger partial charge < -0.3 is 4.90 Å². The topological polar surface area (TPSA) is 63.9 Å². The third-order valence-electron chi connectivity index (χ3n) is 4.23. The molecule has 0 saturated heterocycles. The average molecular weight is 353 g/mol. The number of hydrogen-bond donors (Lipinski definition) is 0. The van der Waals surface area contributed by atoms with Gasteiger partial charge in [-0.25, -0.2) is 9.67 Å². The summed E-state index contributed by atoms with van der Waals surface area (Å²) in [6.07, 6.45) is 1.72. The minimum absolute atomic E-state index is 0.0670. The molecule has 3 aromatic rings. The van der Waals surface area contributed by atoms with Gasteiger partial charge in [0, 0.05) is 16.5 Å². The van der Waals surface area contributed by atoms with Crippen molar-refractivity contribution in [3.05, 3.63) is 57.8 Å². The van der Waals surface area contributed by atoms with E-state index in [9.17, 15) is 4.79 Å². The summed E-state index contributed by atoms with van der Waals surface area (Å²) in [6, 6.07) is 7.93. The Morgan fingerprint density at radius 1 is 1.20 bits per heavy atom. The fourth-order valence-corrected chi connectivity index (χ4v) is 3.77. The first kappa shape index (κ1) is 16.0. The summed E-state index contributed by atoms with van der Waals surface area (Å²) < 4.78 is 1.84. The SMILES string of the molecule is CC(C)(C)c1nc(C(=O)N2Cc3cnnn3Cc3ccccc32)cs1. The second-order valence-electron chi connectivity index (χ2n) is 7.19. The molecule has 0 saturated carbocycles. The number of carbonyl (C=O) groups is 1. The Balaban J connectivity index is 1.76. The molecule has 0 fully saturated rings. The molecule has 0 N–H and O–H groups in total. The summed E-state index contributed by atoms with van der Waals surface area (Å²) in [6.45, 7) is 7.35. The third-order valence-corrected chi connectivity index (χ3v) is 5.50. The molecule has 0 atom stereocenters. The molecule has 6 nitrogen and oxygen atoms in total. The highest BCUT2D eigenvalue weighted by Gasteiger charge is 2.28. The van der Waals surface area contributed by atoms with Crippen LogP contribution in [0.15, 0.2) is 35.8 Å². The molecular formula is C18H19N5OS. The molecule has 2 aromatic heterocycles. The van der Waals surface area contributed by atoms with Crippen molar-refractivity contribution in [2.75, 3.05) is 4.90 Å². The maximum Gasteiger partial charge on any atom is 0.278 e. The lowest BCUT2D eigenvalue weighted by Crippen LogP contribution is -2.31. The molecule has 7 heteroatoms. The number of thiazole rings is 1. The lowest BCUT2D eigenvalue weighted by Gasteiger charge is -2.21. The number of anilines is 1. The van der Waals surface area contributed by atoms with Crippen LogP contribution >= 0.6 is 11.3 Å². The first-order valence-electron chi connectivity index (χ1n) is 8.16. The van der Waals surface area contributed by atoms with E-state index in [2.05, 4.69) is 36.1 Å². The van der Waals surface area contributed by atoms with Gasteiger partial charge in [0.1, 0.15) is 5.69 Å². The van der Waals surface area contributed by atoms with Gasteiger partial charge >= 0.3 is 0 Å². The quantitative estimate of drug-likeness (QED) is 0.674. The first-order valence-corrected chi connectivity index (χ1v) is 9.04. The van der Waals surface area contributed by atoms with E-state index in [1.54, 1.807) is 11.1 Å². The molecule has 0 spiro atoms. The Kier molecular flexibility index (Phi) is 3.68. The zero-order valence-corrected chi connectivity index (χ0v) is 15.2. The number of hydrogen-bond acceptors (Lipinski definition) is 5. The lowest BCUT2D eigenvalue weighted by molar-refractivity contribution is 0.0980. The normalized spacial score (nSPS) is 14.0. The van der Waals surface area contributed by atoms with E-state index in [4.69, 9.17) is 0 Å². The van der Waals surface area contributed by atoms with Crippen LogP contribution in [0.25, 0.3) is 0 Å². The van der Waals surface area contributed by atoms with Crippen molar-refractivity contribution in [3.63, 3.8) is 0 Å². The number of rotatable bonds is 1. The van der Waals surface area contributed by atoms with Crippen molar-refractivity contribution in [1.29, 1.82) is 0 Å². The van der Waals surface area contributed by atoms with Crippen LogP contribution in [0, 0.1) is 0 Å². The van der Waals surface area contributed by atoms with Crippen molar-refractivity contribution in [1.82, 2.24) is 20.0 Å². The van der Waals surface area contributed by atoms with Gasteiger partial charge in [-0.2, -0.15) is 0 Å². The van der Waals surface area contributed by atoms with Crippen LogP contribution in [-0.2, 0) is 18.5 Å². The number of fused-ring (bicyclic) bond motifs is 2. The van der Waals surface area contributed by atoms with Crippen molar-refractivity contribution < 1.29 is 4.79 Å². The zero-order valence-electron chi connectivity index (χ0n) is 14.4. The molecule has 0 aliphatic carbocycles. The predicted octanol–water partition coefficient (Wildman–Crippen LogP) is 3.24. The van der Waals surface area contributed by atoms with E-state index in [0.717, 1.165) is 22.0 Å². The molecule has 128 valence electrons. The number of benzene rings is 1. The Morgan fingerprint density at radius 3 is 2.76 bits per heavy atom. The highest BCUT2D eigenvalue weighted by molar-refractivity contribution is 7.10. The van der Waals surface area contributed by atoms with E-state index in [0.29, 0.717) is 18.8 Å². The van der Waals surface area contributed by atoms with Crippen LogP contribution in [0.4, 0.5) is 5.69 Å². The molecule has 1 aromatic carbocycles. The molecular weight excluding hydrogens is 334 g/mol. The van der Waals surface area contributed by atoms with Crippen LogP contribution in [-0.4, -0.2) is 25.9 Å².